The van der Waals surface area contributed by atoms with E-state index in [2.05, 4.69) is 24.9 Å². The van der Waals surface area contributed by atoms with Crippen molar-refractivity contribution in [2.75, 3.05) is 0 Å². The van der Waals surface area contributed by atoms with Crippen LogP contribution in [-0.2, 0) is 0 Å². The highest BCUT2D eigenvalue weighted by Crippen LogP contribution is 2.21. The zero-order chi connectivity index (χ0) is 19.9. The molecule has 1 atom stereocenters. The maximum Gasteiger partial charge on any atom is 0.252 e. The summed E-state index contributed by atoms with van der Waals surface area (Å²) < 4.78 is 0. The first-order valence-electron chi connectivity index (χ1n) is 8.91. The quantitative estimate of drug-likeness (QED) is 0.564. The van der Waals surface area contributed by atoms with E-state index in [1.54, 1.807) is 30.3 Å². The van der Waals surface area contributed by atoms with Crippen LogP contribution >= 0.6 is 11.6 Å². The lowest BCUT2D eigenvalue weighted by Gasteiger charge is -2.29. The minimum absolute atomic E-state index is 0.0994. The number of carbonyl (C=O) groups is 1. The molecule has 1 aromatic carbocycles. The molecule has 25 heavy (non-hydrogen) atoms. The second-order valence-electron chi connectivity index (χ2n) is 5.28. The highest BCUT2D eigenvalue weighted by atomic mass is 35.5. The number of amides is 1. The third kappa shape index (κ3) is 10.6. The van der Waals surface area contributed by atoms with Gasteiger partial charge in [0.1, 0.15) is 0 Å². The van der Waals surface area contributed by atoms with Crippen LogP contribution in [0.3, 0.4) is 0 Å². The Morgan fingerprint density at radius 1 is 1.28 bits per heavy atom. The number of allylic oxidation sites excluding steroid dienone is 3. The number of rotatable bonds is 2. The Morgan fingerprint density at radius 2 is 1.84 bits per heavy atom. The lowest BCUT2D eigenvalue weighted by molar-refractivity contribution is 0.0922. The Morgan fingerprint density at radius 3 is 2.28 bits per heavy atom. The van der Waals surface area contributed by atoms with Gasteiger partial charge in [-0.25, -0.2) is 0 Å². The first-order valence-corrected chi connectivity index (χ1v) is 9.29. The largest absolute Gasteiger partial charge is 0.343 e. The molecule has 1 unspecified atom stereocenters. The lowest BCUT2D eigenvalue weighted by Crippen LogP contribution is -2.44. The van der Waals surface area contributed by atoms with Gasteiger partial charge in [-0.2, -0.15) is 0 Å². The van der Waals surface area contributed by atoms with Gasteiger partial charge >= 0.3 is 0 Å². The van der Waals surface area contributed by atoms with Crippen molar-refractivity contribution in [1.82, 2.24) is 5.32 Å². The molecule has 2 nitrogen and oxygen atoms in total. The minimum Gasteiger partial charge on any atom is -0.343 e. The van der Waals surface area contributed by atoms with Crippen molar-refractivity contribution in [3.63, 3.8) is 0 Å². The maximum atomic E-state index is 12.1. The molecule has 0 spiro atoms. The molecule has 0 aliphatic heterocycles. The van der Waals surface area contributed by atoms with E-state index in [-0.39, 0.29) is 11.4 Å². The maximum absolute atomic E-state index is 12.1. The summed E-state index contributed by atoms with van der Waals surface area (Å²) >= 11 is 5.88. The molecule has 0 saturated heterocycles. The van der Waals surface area contributed by atoms with E-state index < -0.39 is 0 Å². The molecule has 0 aromatic heterocycles. The molecule has 1 aromatic rings. The van der Waals surface area contributed by atoms with Crippen LogP contribution in [0.4, 0.5) is 0 Å². The average Bonchev–Trinajstić information content (AvgIpc) is 2.62. The van der Waals surface area contributed by atoms with Gasteiger partial charge in [-0.1, -0.05) is 75.2 Å². The summed E-state index contributed by atoms with van der Waals surface area (Å²) in [7, 11) is 0. The topological polar surface area (TPSA) is 29.1 Å². The molecule has 0 heterocycles. The smallest absolute Gasteiger partial charge is 0.252 e. The number of benzene rings is 1. The molecule has 0 saturated carbocycles. The summed E-state index contributed by atoms with van der Waals surface area (Å²) in [6, 6.07) is 6.97. The monoisotopic (exact) mass is 363 g/mol. The number of halogens is 1. The van der Waals surface area contributed by atoms with Gasteiger partial charge in [0.2, 0.25) is 0 Å². The minimum atomic E-state index is -0.321. The summed E-state index contributed by atoms with van der Waals surface area (Å²) in [5.41, 5.74) is 1.49. The summed E-state index contributed by atoms with van der Waals surface area (Å²) in [6.45, 7) is 17.3. The molecule has 1 aliphatic rings. The fourth-order valence-corrected chi connectivity index (χ4v) is 2.07. The lowest BCUT2D eigenvalue weighted by atomic mass is 9.90. The zero-order valence-corrected chi connectivity index (χ0v) is 17.6. The molecule has 1 amide bonds. The molecule has 0 bridgehead atoms. The van der Waals surface area contributed by atoms with Crippen molar-refractivity contribution in [2.24, 2.45) is 0 Å². The first kappa shape index (κ1) is 25.4. The van der Waals surface area contributed by atoms with Gasteiger partial charge in [0.25, 0.3) is 5.91 Å². The van der Waals surface area contributed by atoms with Crippen molar-refractivity contribution in [3.05, 3.63) is 71.3 Å². The predicted molar refractivity (Wildman–Crippen MR) is 113 cm³/mol. The van der Waals surface area contributed by atoms with Gasteiger partial charge in [-0.15, -0.1) is 6.58 Å². The van der Waals surface area contributed by atoms with E-state index in [0.717, 1.165) is 6.42 Å². The Labute approximate surface area is 159 Å². The Kier molecular flexibility index (Phi) is 14.8. The van der Waals surface area contributed by atoms with Crippen LogP contribution in [0.25, 0.3) is 0 Å². The molecule has 0 fully saturated rings. The standard InChI is InChI=1S/C15H16ClNO.C3H6.2C2H6/c1-11-6-8-15(2,9-7-11)17-14(18)12-4-3-5-13(16)10-12;1-3-2;2*1-2/h3-8,10H,9H2,1-2H3,(H,17,18);3H,1H2,2H3;2*1-2H3. The van der Waals surface area contributed by atoms with Crippen molar-refractivity contribution < 1.29 is 4.79 Å². The molecule has 2 rings (SSSR count). The summed E-state index contributed by atoms with van der Waals surface area (Å²) in [5, 5.41) is 3.60. The number of nitrogens with one attached hydrogen (secondary N) is 1. The third-order valence-electron chi connectivity index (χ3n) is 3.05. The molecular formula is C22H34ClNO. The zero-order valence-electron chi connectivity index (χ0n) is 16.8. The highest BCUT2D eigenvalue weighted by Gasteiger charge is 2.24. The fourth-order valence-electron chi connectivity index (χ4n) is 1.88. The summed E-state index contributed by atoms with van der Waals surface area (Å²) in [4.78, 5) is 12.1. The molecule has 0 radical (unpaired) electrons. The van der Waals surface area contributed by atoms with Crippen LogP contribution in [0.5, 0.6) is 0 Å². The van der Waals surface area contributed by atoms with Crippen LogP contribution in [0.15, 0.2) is 60.7 Å². The van der Waals surface area contributed by atoms with Crippen molar-refractivity contribution in [3.8, 4) is 0 Å². The number of hydrogen-bond acceptors (Lipinski definition) is 1. The van der Waals surface area contributed by atoms with Gasteiger partial charge in [0.15, 0.2) is 0 Å². The van der Waals surface area contributed by atoms with E-state index in [0.29, 0.717) is 10.6 Å². The second-order valence-corrected chi connectivity index (χ2v) is 5.71. The normalized spacial score (nSPS) is 17.2. The molecule has 3 heteroatoms. The molecular weight excluding hydrogens is 330 g/mol. The van der Waals surface area contributed by atoms with Crippen molar-refractivity contribution in [1.29, 1.82) is 0 Å². The van der Waals surface area contributed by atoms with Crippen molar-refractivity contribution >= 4 is 17.5 Å². The number of hydrogen-bond donors (Lipinski definition) is 1. The predicted octanol–water partition coefficient (Wildman–Crippen LogP) is 6.98. The van der Waals surface area contributed by atoms with E-state index in [4.69, 9.17) is 11.6 Å². The summed E-state index contributed by atoms with van der Waals surface area (Å²) in [6.07, 6.45) is 8.74. The van der Waals surface area contributed by atoms with Gasteiger partial charge in [-0.3, -0.25) is 4.79 Å². The van der Waals surface area contributed by atoms with E-state index in [1.807, 2.05) is 53.7 Å². The van der Waals surface area contributed by atoms with Gasteiger partial charge < -0.3 is 5.32 Å². The van der Waals surface area contributed by atoms with E-state index >= 15 is 0 Å². The van der Waals surface area contributed by atoms with E-state index in [9.17, 15) is 4.79 Å². The Bertz CT molecular complexity index is 575. The second kappa shape index (κ2) is 14.5. The van der Waals surface area contributed by atoms with E-state index in [1.165, 1.54) is 5.57 Å². The fraction of sp³-hybridized carbons (Fsp3) is 0.409. The summed E-state index contributed by atoms with van der Waals surface area (Å²) in [5.74, 6) is -0.0994. The third-order valence-corrected chi connectivity index (χ3v) is 3.28. The van der Waals surface area contributed by atoms with Gasteiger partial charge in [-0.05, 0) is 45.4 Å². The Balaban J connectivity index is 0. The van der Waals surface area contributed by atoms with Crippen LogP contribution in [0.1, 0.15) is 65.2 Å². The molecule has 1 N–H and O–H groups in total. The van der Waals surface area contributed by atoms with Crippen LogP contribution in [0, 0.1) is 0 Å². The number of carbonyl (C=O) groups excluding carboxylic acids is 1. The van der Waals surface area contributed by atoms with Crippen molar-refractivity contribution in [2.45, 2.75) is 60.4 Å². The van der Waals surface area contributed by atoms with Gasteiger partial charge in [0, 0.05) is 10.6 Å². The van der Waals surface area contributed by atoms with Crippen LogP contribution in [-0.4, -0.2) is 11.4 Å². The highest BCUT2D eigenvalue weighted by molar-refractivity contribution is 6.30. The average molecular weight is 364 g/mol. The molecule has 1 aliphatic carbocycles. The molecule has 140 valence electrons. The van der Waals surface area contributed by atoms with Crippen LogP contribution in [0.2, 0.25) is 5.02 Å². The van der Waals surface area contributed by atoms with Gasteiger partial charge in [0.05, 0.1) is 5.54 Å². The Hall–Kier alpha value is -1.80. The SMILES string of the molecule is C=CC.CC.CC.CC1=CCC(C)(NC(=O)c2cccc(Cl)c2)C=C1. The van der Waals surface area contributed by atoms with Crippen LogP contribution < -0.4 is 5.32 Å². The first-order chi connectivity index (χ1) is 11.9.